The standard InChI is InChI=1S/C20H22N4O3S2/c1-3-9-24-19(14-8-10-29(26,27)12-14)22-23-20(24)28-13(2)18(25)16-11-21-17-7-5-4-6-15(16)17/h3-7,11,13-14,21H,1,8-10,12H2,2H3/t13-,14-/m0/s1. The van der Waals surface area contributed by atoms with Gasteiger partial charge in [-0.1, -0.05) is 36.0 Å². The molecule has 0 radical (unpaired) electrons. The molecule has 0 amide bonds. The number of hydrogen-bond acceptors (Lipinski definition) is 6. The minimum absolute atomic E-state index is 0.00518. The lowest BCUT2D eigenvalue weighted by molar-refractivity contribution is 0.0995. The van der Waals surface area contributed by atoms with Crippen LogP contribution in [0, 0.1) is 0 Å². The smallest absolute Gasteiger partial charge is 0.192 e. The monoisotopic (exact) mass is 430 g/mol. The molecular weight excluding hydrogens is 408 g/mol. The van der Waals surface area contributed by atoms with Crippen molar-refractivity contribution in [1.82, 2.24) is 19.7 Å². The van der Waals surface area contributed by atoms with E-state index in [0.29, 0.717) is 29.5 Å². The maximum atomic E-state index is 13.0. The number of allylic oxidation sites excluding steroid dienone is 1. The highest BCUT2D eigenvalue weighted by atomic mass is 32.2. The zero-order chi connectivity index (χ0) is 20.6. The summed E-state index contributed by atoms with van der Waals surface area (Å²) in [5, 5.41) is 9.66. The summed E-state index contributed by atoms with van der Waals surface area (Å²) in [5.74, 6) is 0.764. The van der Waals surface area contributed by atoms with E-state index in [1.807, 2.05) is 35.8 Å². The summed E-state index contributed by atoms with van der Waals surface area (Å²) in [5.41, 5.74) is 1.57. The quantitative estimate of drug-likeness (QED) is 0.351. The lowest BCUT2D eigenvalue weighted by Crippen LogP contribution is -2.15. The van der Waals surface area contributed by atoms with E-state index in [0.717, 1.165) is 10.9 Å². The van der Waals surface area contributed by atoms with Gasteiger partial charge in [0.25, 0.3) is 0 Å². The van der Waals surface area contributed by atoms with E-state index in [9.17, 15) is 13.2 Å². The summed E-state index contributed by atoms with van der Waals surface area (Å²) >= 11 is 1.33. The third kappa shape index (κ3) is 3.89. The lowest BCUT2D eigenvalue weighted by atomic mass is 10.1. The van der Waals surface area contributed by atoms with Gasteiger partial charge in [-0.15, -0.1) is 16.8 Å². The van der Waals surface area contributed by atoms with Gasteiger partial charge >= 0.3 is 0 Å². The molecule has 4 rings (SSSR count). The van der Waals surface area contributed by atoms with Gasteiger partial charge in [-0.3, -0.25) is 4.79 Å². The molecule has 0 bridgehead atoms. The van der Waals surface area contributed by atoms with E-state index in [2.05, 4.69) is 21.8 Å². The van der Waals surface area contributed by atoms with E-state index >= 15 is 0 Å². The van der Waals surface area contributed by atoms with Crippen LogP contribution >= 0.6 is 11.8 Å². The number of Topliss-reactive ketones (excluding diaryl/α,β-unsaturated/α-hetero) is 1. The number of benzene rings is 1. The second-order valence-electron chi connectivity index (χ2n) is 7.21. The summed E-state index contributed by atoms with van der Waals surface area (Å²) < 4.78 is 25.6. The summed E-state index contributed by atoms with van der Waals surface area (Å²) in [7, 11) is -3.02. The van der Waals surface area contributed by atoms with Crippen LogP contribution in [0.5, 0.6) is 0 Å². The molecule has 152 valence electrons. The molecule has 1 aliphatic heterocycles. The number of para-hydroxylation sites is 1. The molecule has 7 nitrogen and oxygen atoms in total. The number of nitrogens with zero attached hydrogens (tertiary/aromatic N) is 3. The number of nitrogens with one attached hydrogen (secondary N) is 1. The Balaban J connectivity index is 1.58. The van der Waals surface area contributed by atoms with Gasteiger partial charge in [-0.2, -0.15) is 0 Å². The van der Waals surface area contributed by atoms with Crippen LogP contribution in [0.25, 0.3) is 10.9 Å². The topological polar surface area (TPSA) is 97.7 Å². The van der Waals surface area contributed by atoms with Crippen LogP contribution in [0.15, 0.2) is 48.3 Å². The van der Waals surface area contributed by atoms with Gasteiger partial charge in [0, 0.05) is 35.1 Å². The first-order valence-corrected chi connectivity index (χ1v) is 12.1. The number of ketones is 1. The second-order valence-corrected chi connectivity index (χ2v) is 10.7. The number of thioether (sulfide) groups is 1. The Labute approximate surface area is 173 Å². The molecule has 0 spiro atoms. The molecule has 1 aliphatic rings. The number of carbonyl (C=O) groups is 1. The molecule has 2 atom stereocenters. The van der Waals surface area contributed by atoms with Crippen molar-refractivity contribution in [3.8, 4) is 0 Å². The molecule has 9 heteroatoms. The maximum Gasteiger partial charge on any atom is 0.192 e. The minimum atomic E-state index is -3.02. The number of carbonyl (C=O) groups excluding carboxylic acids is 1. The predicted molar refractivity (Wildman–Crippen MR) is 114 cm³/mol. The van der Waals surface area contributed by atoms with Gasteiger partial charge in [0.2, 0.25) is 0 Å². The van der Waals surface area contributed by atoms with Gasteiger partial charge in [0.05, 0.1) is 16.8 Å². The average Bonchev–Trinajstić information content (AvgIpc) is 3.39. The Morgan fingerprint density at radius 2 is 2.21 bits per heavy atom. The minimum Gasteiger partial charge on any atom is -0.360 e. The van der Waals surface area contributed by atoms with E-state index < -0.39 is 9.84 Å². The zero-order valence-electron chi connectivity index (χ0n) is 16.0. The first-order valence-electron chi connectivity index (χ1n) is 9.41. The number of aromatic amines is 1. The number of rotatable bonds is 7. The van der Waals surface area contributed by atoms with E-state index in [-0.39, 0.29) is 28.5 Å². The van der Waals surface area contributed by atoms with Crippen LogP contribution in [-0.2, 0) is 16.4 Å². The molecule has 3 heterocycles. The van der Waals surface area contributed by atoms with Crippen molar-refractivity contribution in [2.24, 2.45) is 0 Å². The van der Waals surface area contributed by atoms with Gasteiger partial charge in [0.1, 0.15) is 5.82 Å². The molecule has 1 saturated heterocycles. The SMILES string of the molecule is C=CCn1c(S[C@@H](C)C(=O)c2c[nH]c3ccccc23)nnc1[C@H]1CCS(=O)(=O)C1. The first-order chi connectivity index (χ1) is 13.9. The molecule has 1 fully saturated rings. The summed E-state index contributed by atoms with van der Waals surface area (Å²) in [6.45, 7) is 6.10. The van der Waals surface area contributed by atoms with Crippen molar-refractivity contribution in [2.75, 3.05) is 11.5 Å². The molecule has 29 heavy (non-hydrogen) atoms. The van der Waals surface area contributed by atoms with Crippen molar-refractivity contribution in [3.05, 3.63) is 54.5 Å². The largest absolute Gasteiger partial charge is 0.360 e. The fourth-order valence-electron chi connectivity index (χ4n) is 3.69. The highest BCUT2D eigenvalue weighted by Crippen LogP contribution is 2.32. The molecule has 0 unspecified atom stereocenters. The van der Waals surface area contributed by atoms with Crippen LogP contribution in [0.1, 0.15) is 35.4 Å². The highest BCUT2D eigenvalue weighted by Gasteiger charge is 2.33. The van der Waals surface area contributed by atoms with Gasteiger partial charge in [0.15, 0.2) is 20.8 Å². The molecule has 1 aromatic carbocycles. The van der Waals surface area contributed by atoms with Crippen LogP contribution in [0.3, 0.4) is 0 Å². The number of hydrogen-bond donors (Lipinski definition) is 1. The lowest BCUT2D eigenvalue weighted by Gasteiger charge is -2.13. The summed E-state index contributed by atoms with van der Waals surface area (Å²) in [6, 6.07) is 7.70. The van der Waals surface area contributed by atoms with Crippen molar-refractivity contribution in [2.45, 2.75) is 36.2 Å². The van der Waals surface area contributed by atoms with Crippen LogP contribution in [0.2, 0.25) is 0 Å². The second kappa shape index (κ2) is 7.79. The maximum absolute atomic E-state index is 13.0. The average molecular weight is 431 g/mol. The first kappa shape index (κ1) is 19.9. The number of aromatic nitrogens is 4. The molecule has 3 aromatic rings. The van der Waals surface area contributed by atoms with E-state index in [1.54, 1.807) is 12.3 Å². The Morgan fingerprint density at radius 1 is 1.41 bits per heavy atom. The van der Waals surface area contributed by atoms with Gasteiger partial charge in [-0.05, 0) is 19.4 Å². The summed E-state index contributed by atoms with van der Waals surface area (Å²) in [6.07, 6.45) is 4.02. The van der Waals surface area contributed by atoms with Crippen molar-refractivity contribution in [1.29, 1.82) is 0 Å². The third-order valence-corrected chi connectivity index (χ3v) is 8.01. The fraction of sp³-hybridized carbons (Fsp3) is 0.350. The van der Waals surface area contributed by atoms with Crippen LogP contribution in [-0.4, -0.2) is 50.7 Å². The molecule has 2 aromatic heterocycles. The van der Waals surface area contributed by atoms with Gasteiger partial charge < -0.3 is 9.55 Å². The van der Waals surface area contributed by atoms with E-state index in [1.165, 1.54) is 11.8 Å². The number of sulfone groups is 1. The fourth-order valence-corrected chi connectivity index (χ4v) is 6.37. The molecular formula is C20H22N4O3S2. The van der Waals surface area contributed by atoms with E-state index in [4.69, 9.17) is 0 Å². The Bertz CT molecular complexity index is 1180. The Morgan fingerprint density at radius 3 is 2.93 bits per heavy atom. The Hall–Kier alpha value is -2.39. The molecule has 0 saturated carbocycles. The van der Waals surface area contributed by atoms with Crippen molar-refractivity contribution >= 4 is 38.3 Å². The third-order valence-electron chi connectivity index (χ3n) is 5.16. The number of fused-ring (bicyclic) bond motifs is 1. The van der Waals surface area contributed by atoms with Crippen LogP contribution < -0.4 is 0 Å². The van der Waals surface area contributed by atoms with Crippen molar-refractivity contribution in [3.63, 3.8) is 0 Å². The zero-order valence-corrected chi connectivity index (χ0v) is 17.7. The van der Waals surface area contributed by atoms with Crippen molar-refractivity contribution < 1.29 is 13.2 Å². The molecule has 0 aliphatic carbocycles. The molecule has 1 N–H and O–H groups in total. The Kier molecular flexibility index (Phi) is 5.35. The summed E-state index contributed by atoms with van der Waals surface area (Å²) in [4.78, 5) is 16.2. The number of H-pyrrole nitrogens is 1. The highest BCUT2D eigenvalue weighted by molar-refractivity contribution is 8.00. The van der Waals surface area contributed by atoms with Gasteiger partial charge in [-0.25, -0.2) is 8.42 Å². The predicted octanol–water partition coefficient (Wildman–Crippen LogP) is 3.21. The normalized spacial score (nSPS) is 19.4. The van der Waals surface area contributed by atoms with Crippen LogP contribution in [0.4, 0.5) is 0 Å².